The molecule has 0 saturated carbocycles. The van der Waals surface area contributed by atoms with E-state index in [-0.39, 0.29) is 5.97 Å². The van der Waals surface area contributed by atoms with Crippen molar-refractivity contribution in [2.45, 2.75) is 34.1 Å². The van der Waals surface area contributed by atoms with Crippen molar-refractivity contribution in [2.24, 2.45) is 5.92 Å². The van der Waals surface area contributed by atoms with Gasteiger partial charge in [0.1, 0.15) is 5.76 Å². The van der Waals surface area contributed by atoms with E-state index in [9.17, 15) is 4.79 Å². The summed E-state index contributed by atoms with van der Waals surface area (Å²) in [4.78, 5) is 10.9. The molecule has 0 bridgehead atoms. The molecule has 0 saturated heterocycles. The highest BCUT2D eigenvalue weighted by Crippen LogP contribution is 2.33. The molecule has 0 aromatic rings. The quantitative estimate of drug-likeness (QED) is 0.511. The Hall–Kier alpha value is -1.31. The van der Waals surface area contributed by atoms with Gasteiger partial charge in [-0.15, -0.1) is 0 Å². The first-order valence-electron chi connectivity index (χ1n) is 5.24. The second-order valence-electron chi connectivity index (χ2n) is 3.99. The van der Waals surface area contributed by atoms with Crippen LogP contribution in [0.25, 0.3) is 0 Å². The first-order valence-corrected chi connectivity index (χ1v) is 5.24. The normalized spacial score (nSPS) is 22.5. The molecule has 1 aliphatic rings. The number of ether oxygens (including phenoxy) is 1. The Morgan fingerprint density at radius 1 is 1.47 bits per heavy atom. The predicted molar refractivity (Wildman–Crippen MR) is 61.1 cm³/mol. The third kappa shape index (κ3) is 3.08. The number of hydrogen-bond donors (Lipinski definition) is 0. The Bertz CT molecular complexity index is 342. The van der Waals surface area contributed by atoms with E-state index < -0.39 is 0 Å². The molecule has 1 unspecified atom stereocenters. The van der Waals surface area contributed by atoms with Crippen LogP contribution in [0.1, 0.15) is 34.1 Å². The number of rotatable bonds is 2. The molecule has 0 heterocycles. The predicted octanol–water partition coefficient (Wildman–Crippen LogP) is 3.37. The molecule has 0 aromatic heterocycles. The Morgan fingerprint density at radius 3 is 2.60 bits per heavy atom. The number of allylic oxidation sites excluding steroid dienone is 5. The van der Waals surface area contributed by atoms with Crippen LogP contribution in [0.15, 0.2) is 35.1 Å². The van der Waals surface area contributed by atoms with Crippen LogP contribution >= 0.6 is 0 Å². The van der Waals surface area contributed by atoms with E-state index >= 15 is 0 Å². The van der Waals surface area contributed by atoms with E-state index in [0.29, 0.717) is 5.92 Å². The third-order valence-corrected chi connectivity index (χ3v) is 2.34. The van der Waals surface area contributed by atoms with Crippen LogP contribution in [0.3, 0.4) is 0 Å². The van der Waals surface area contributed by atoms with Crippen LogP contribution in [-0.4, -0.2) is 5.97 Å². The summed E-state index contributed by atoms with van der Waals surface area (Å²) < 4.78 is 5.15. The van der Waals surface area contributed by atoms with E-state index in [1.165, 1.54) is 12.5 Å². The molecular formula is C13H18O2. The fourth-order valence-electron chi connectivity index (χ4n) is 1.83. The molecule has 0 spiro atoms. The standard InChI is InChI=1S/C13H18O2/c1-5-12-11(8-9(2)3)6-7-13(12)15-10(4)14/h5,7-8,11H,6H2,1-4H3/b12-5+. The van der Waals surface area contributed by atoms with Gasteiger partial charge >= 0.3 is 5.97 Å². The Balaban J connectivity index is 2.81. The van der Waals surface area contributed by atoms with Gasteiger partial charge in [-0.1, -0.05) is 17.7 Å². The van der Waals surface area contributed by atoms with Crippen molar-refractivity contribution in [2.75, 3.05) is 0 Å². The molecule has 82 valence electrons. The average molecular weight is 206 g/mol. The molecule has 1 atom stereocenters. The van der Waals surface area contributed by atoms with Gasteiger partial charge < -0.3 is 4.74 Å². The zero-order valence-electron chi connectivity index (χ0n) is 9.83. The number of carbonyl (C=O) groups excluding carboxylic acids is 1. The summed E-state index contributed by atoms with van der Waals surface area (Å²) in [6, 6.07) is 0. The summed E-state index contributed by atoms with van der Waals surface area (Å²) >= 11 is 0. The van der Waals surface area contributed by atoms with E-state index in [1.54, 1.807) is 0 Å². The molecule has 15 heavy (non-hydrogen) atoms. The Labute approximate surface area is 91.3 Å². The summed E-state index contributed by atoms with van der Waals surface area (Å²) in [5.74, 6) is 0.847. The summed E-state index contributed by atoms with van der Waals surface area (Å²) in [6.45, 7) is 7.57. The smallest absolute Gasteiger partial charge is 0.308 e. The van der Waals surface area contributed by atoms with Crippen molar-refractivity contribution in [3.63, 3.8) is 0 Å². The molecule has 0 amide bonds. The second kappa shape index (κ2) is 4.96. The van der Waals surface area contributed by atoms with E-state index in [1.807, 2.05) is 19.1 Å². The van der Waals surface area contributed by atoms with Crippen molar-refractivity contribution in [3.05, 3.63) is 35.1 Å². The molecule has 1 aliphatic carbocycles. The van der Waals surface area contributed by atoms with Crippen molar-refractivity contribution in [1.82, 2.24) is 0 Å². The molecular weight excluding hydrogens is 188 g/mol. The average Bonchev–Trinajstić information content (AvgIpc) is 2.45. The van der Waals surface area contributed by atoms with Gasteiger partial charge in [0.2, 0.25) is 0 Å². The fourth-order valence-corrected chi connectivity index (χ4v) is 1.83. The lowest BCUT2D eigenvalue weighted by atomic mass is 9.99. The van der Waals surface area contributed by atoms with Gasteiger partial charge in [-0.3, -0.25) is 4.79 Å². The van der Waals surface area contributed by atoms with Gasteiger partial charge in [0.25, 0.3) is 0 Å². The molecule has 0 radical (unpaired) electrons. The van der Waals surface area contributed by atoms with E-state index in [0.717, 1.165) is 17.8 Å². The van der Waals surface area contributed by atoms with Gasteiger partial charge in [0.15, 0.2) is 0 Å². The van der Waals surface area contributed by atoms with Crippen LogP contribution in [0.2, 0.25) is 0 Å². The zero-order valence-corrected chi connectivity index (χ0v) is 9.83. The number of esters is 1. The second-order valence-corrected chi connectivity index (χ2v) is 3.99. The van der Waals surface area contributed by atoms with Crippen LogP contribution in [-0.2, 0) is 9.53 Å². The van der Waals surface area contributed by atoms with Crippen molar-refractivity contribution in [3.8, 4) is 0 Å². The summed E-state index contributed by atoms with van der Waals surface area (Å²) in [7, 11) is 0. The molecule has 0 fully saturated rings. The zero-order chi connectivity index (χ0) is 11.4. The number of carbonyl (C=O) groups is 1. The lowest BCUT2D eigenvalue weighted by molar-refractivity contribution is -0.136. The van der Waals surface area contributed by atoms with E-state index in [4.69, 9.17) is 4.74 Å². The lowest BCUT2D eigenvalue weighted by Crippen LogP contribution is -2.02. The molecule has 0 aliphatic heterocycles. The minimum Gasteiger partial charge on any atom is -0.427 e. The van der Waals surface area contributed by atoms with Crippen molar-refractivity contribution < 1.29 is 9.53 Å². The fraction of sp³-hybridized carbons (Fsp3) is 0.462. The van der Waals surface area contributed by atoms with Crippen LogP contribution in [0.4, 0.5) is 0 Å². The van der Waals surface area contributed by atoms with Gasteiger partial charge in [-0.25, -0.2) is 0 Å². The van der Waals surface area contributed by atoms with Gasteiger partial charge in [0.05, 0.1) is 0 Å². The molecule has 0 aromatic carbocycles. The highest BCUT2D eigenvalue weighted by Gasteiger charge is 2.22. The van der Waals surface area contributed by atoms with Crippen LogP contribution in [0.5, 0.6) is 0 Å². The summed E-state index contributed by atoms with van der Waals surface area (Å²) in [5.41, 5.74) is 2.41. The monoisotopic (exact) mass is 206 g/mol. The highest BCUT2D eigenvalue weighted by atomic mass is 16.5. The maximum Gasteiger partial charge on any atom is 0.308 e. The lowest BCUT2D eigenvalue weighted by Gasteiger charge is -2.10. The molecule has 2 heteroatoms. The minimum absolute atomic E-state index is 0.251. The summed E-state index contributed by atoms with van der Waals surface area (Å²) in [5, 5.41) is 0. The van der Waals surface area contributed by atoms with Gasteiger partial charge in [0, 0.05) is 12.8 Å². The first-order chi connectivity index (χ1) is 7.04. The number of hydrogen-bond acceptors (Lipinski definition) is 2. The molecule has 1 rings (SSSR count). The van der Waals surface area contributed by atoms with Crippen LogP contribution in [0, 0.1) is 5.92 Å². The highest BCUT2D eigenvalue weighted by molar-refractivity contribution is 5.68. The maximum absolute atomic E-state index is 10.9. The van der Waals surface area contributed by atoms with Crippen molar-refractivity contribution >= 4 is 5.97 Å². The summed E-state index contributed by atoms with van der Waals surface area (Å²) in [6.07, 6.45) is 7.14. The molecule has 2 nitrogen and oxygen atoms in total. The Morgan fingerprint density at radius 2 is 2.13 bits per heavy atom. The SMILES string of the molecule is C/C=C1/C(OC(C)=O)=CCC1C=C(C)C. The molecule has 0 N–H and O–H groups in total. The van der Waals surface area contributed by atoms with Gasteiger partial charge in [-0.2, -0.15) is 0 Å². The van der Waals surface area contributed by atoms with Crippen molar-refractivity contribution in [1.29, 1.82) is 0 Å². The van der Waals surface area contributed by atoms with E-state index in [2.05, 4.69) is 19.9 Å². The first kappa shape index (κ1) is 11.8. The minimum atomic E-state index is -0.251. The van der Waals surface area contributed by atoms with Gasteiger partial charge in [-0.05, 0) is 38.8 Å². The maximum atomic E-state index is 10.9. The third-order valence-electron chi connectivity index (χ3n) is 2.34. The topological polar surface area (TPSA) is 26.3 Å². The van der Waals surface area contributed by atoms with Crippen LogP contribution < -0.4 is 0 Å². The largest absolute Gasteiger partial charge is 0.427 e. The Kier molecular flexibility index (Phi) is 3.89.